The second kappa shape index (κ2) is 8.30. The molecule has 10 heteroatoms. The molecular weight excluding hydrogens is 463 g/mol. The predicted octanol–water partition coefficient (Wildman–Crippen LogP) is 2.96. The van der Waals surface area contributed by atoms with Crippen LogP contribution in [0.5, 0.6) is 5.75 Å². The molecule has 0 spiro atoms. The van der Waals surface area contributed by atoms with Gasteiger partial charge in [-0.3, -0.25) is 14.4 Å². The summed E-state index contributed by atoms with van der Waals surface area (Å²) >= 11 is 0. The number of rotatable bonds is 3. The van der Waals surface area contributed by atoms with Crippen LogP contribution in [0, 0.1) is 24.4 Å². The van der Waals surface area contributed by atoms with Gasteiger partial charge in [-0.05, 0) is 54.3 Å². The van der Waals surface area contributed by atoms with Crippen molar-refractivity contribution in [3.05, 3.63) is 97.7 Å². The lowest BCUT2D eigenvalue weighted by molar-refractivity contribution is 0.0653. The van der Waals surface area contributed by atoms with Gasteiger partial charge in [0.1, 0.15) is 23.0 Å². The zero-order valence-electron chi connectivity index (χ0n) is 18.6. The molecule has 180 valence electrons. The van der Waals surface area contributed by atoms with Crippen LogP contribution in [-0.2, 0) is 19.5 Å². The lowest BCUT2D eigenvalue weighted by Gasteiger charge is -2.34. The van der Waals surface area contributed by atoms with E-state index in [9.17, 15) is 32.7 Å². The lowest BCUT2D eigenvalue weighted by atomic mass is 10.0. The van der Waals surface area contributed by atoms with Gasteiger partial charge in [0.15, 0.2) is 11.4 Å². The van der Waals surface area contributed by atoms with E-state index in [0.29, 0.717) is 17.5 Å². The molecule has 0 saturated heterocycles. The number of benzene rings is 2. The van der Waals surface area contributed by atoms with Crippen LogP contribution in [0.3, 0.4) is 0 Å². The molecule has 3 aromatic rings. The maximum atomic E-state index is 14.1. The van der Waals surface area contributed by atoms with Crippen LogP contribution in [0.1, 0.15) is 49.1 Å². The van der Waals surface area contributed by atoms with Crippen molar-refractivity contribution in [3.63, 3.8) is 0 Å². The molecule has 5 rings (SSSR count). The van der Waals surface area contributed by atoms with Crippen LogP contribution in [-0.4, -0.2) is 32.9 Å². The van der Waals surface area contributed by atoms with Crippen molar-refractivity contribution in [3.8, 4) is 5.75 Å². The van der Waals surface area contributed by atoms with Gasteiger partial charge in [-0.15, -0.1) is 0 Å². The van der Waals surface area contributed by atoms with E-state index in [2.05, 4.69) is 5.32 Å². The van der Waals surface area contributed by atoms with Crippen LogP contribution in [0.15, 0.2) is 41.3 Å². The molecule has 3 heterocycles. The lowest BCUT2D eigenvalue weighted by Crippen LogP contribution is -2.44. The van der Waals surface area contributed by atoms with Gasteiger partial charge in [0, 0.05) is 31.4 Å². The van der Waals surface area contributed by atoms with E-state index >= 15 is 0 Å². The summed E-state index contributed by atoms with van der Waals surface area (Å²) in [7, 11) is 0. The Morgan fingerprint density at radius 1 is 1.11 bits per heavy atom. The smallest absolute Gasteiger partial charge is 0.274 e. The largest absolute Gasteiger partial charge is 0.503 e. The SMILES string of the molecule is Cc1cc(F)c(CNC(=O)c2cn3c(c(O)c2=O)C(=O)N2Cc4cc(F)ccc4C[C@H]3C2)c(F)c1. The summed E-state index contributed by atoms with van der Waals surface area (Å²) in [4.78, 5) is 40.1. The van der Waals surface area contributed by atoms with Crippen molar-refractivity contribution in [2.75, 3.05) is 6.54 Å². The van der Waals surface area contributed by atoms with E-state index in [-0.39, 0.29) is 24.3 Å². The predicted molar refractivity (Wildman–Crippen MR) is 119 cm³/mol. The number of nitrogens with zero attached hydrogens (tertiary/aromatic N) is 2. The fourth-order valence-corrected chi connectivity index (χ4v) is 4.72. The van der Waals surface area contributed by atoms with Gasteiger partial charge >= 0.3 is 0 Å². The van der Waals surface area contributed by atoms with Crippen LogP contribution in [0.4, 0.5) is 13.2 Å². The molecule has 0 saturated carbocycles. The van der Waals surface area contributed by atoms with Crippen molar-refractivity contribution in [2.45, 2.75) is 32.5 Å². The normalized spacial score (nSPS) is 16.4. The molecule has 2 amide bonds. The molecule has 1 atom stereocenters. The van der Waals surface area contributed by atoms with E-state index in [1.165, 1.54) is 34.7 Å². The molecule has 2 N–H and O–H groups in total. The Bertz CT molecular complexity index is 1440. The third kappa shape index (κ3) is 3.84. The van der Waals surface area contributed by atoms with Crippen molar-refractivity contribution >= 4 is 11.8 Å². The molecule has 0 fully saturated rings. The Labute approximate surface area is 197 Å². The van der Waals surface area contributed by atoms with E-state index in [1.807, 2.05) is 0 Å². The molecule has 35 heavy (non-hydrogen) atoms. The molecule has 2 aliphatic rings. The Balaban J connectivity index is 1.51. The summed E-state index contributed by atoms with van der Waals surface area (Å²) in [6.45, 7) is 1.35. The number of amides is 2. The fourth-order valence-electron chi connectivity index (χ4n) is 4.72. The van der Waals surface area contributed by atoms with Gasteiger partial charge in [-0.1, -0.05) is 6.07 Å². The minimum absolute atomic E-state index is 0.117. The van der Waals surface area contributed by atoms with Crippen molar-refractivity contribution in [1.29, 1.82) is 0 Å². The first-order valence-corrected chi connectivity index (χ1v) is 10.9. The van der Waals surface area contributed by atoms with Crippen LogP contribution < -0.4 is 10.7 Å². The number of hydrogen-bond acceptors (Lipinski definition) is 4. The van der Waals surface area contributed by atoms with Crippen molar-refractivity contribution in [1.82, 2.24) is 14.8 Å². The van der Waals surface area contributed by atoms with E-state index in [0.717, 1.165) is 17.7 Å². The summed E-state index contributed by atoms with van der Waals surface area (Å²) in [6.07, 6.45) is 1.55. The molecule has 2 aromatic carbocycles. The molecule has 0 radical (unpaired) electrons. The average molecular weight is 483 g/mol. The van der Waals surface area contributed by atoms with Crippen LogP contribution in [0.2, 0.25) is 0 Å². The van der Waals surface area contributed by atoms with Crippen LogP contribution >= 0.6 is 0 Å². The highest BCUT2D eigenvalue weighted by molar-refractivity contribution is 5.99. The topological polar surface area (TPSA) is 91.6 Å². The monoisotopic (exact) mass is 483 g/mol. The number of halogens is 3. The Hall–Kier alpha value is -4.08. The zero-order chi connectivity index (χ0) is 25.0. The highest BCUT2D eigenvalue weighted by atomic mass is 19.1. The van der Waals surface area contributed by atoms with Crippen molar-refractivity contribution < 1.29 is 27.9 Å². The third-order valence-electron chi connectivity index (χ3n) is 6.47. The minimum Gasteiger partial charge on any atom is -0.503 e. The van der Waals surface area contributed by atoms with Gasteiger partial charge in [0.2, 0.25) is 5.43 Å². The highest BCUT2D eigenvalue weighted by Crippen LogP contribution is 2.33. The number of carbonyl (C=O) groups is 2. The second-order valence-corrected chi connectivity index (χ2v) is 8.82. The zero-order valence-corrected chi connectivity index (χ0v) is 18.6. The number of hydrogen-bond donors (Lipinski definition) is 2. The third-order valence-corrected chi connectivity index (χ3v) is 6.47. The van der Waals surface area contributed by atoms with E-state index < -0.39 is 58.6 Å². The van der Waals surface area contributed by atoms with Gasteiger partial charge in [0.25, 0.3) is 11.8 Å². The Kier molecular flexibility index (Phi) is 5.38. The first-order valence-electron chi connectivity index (χ1n) is 10.9. The Morgan fingerprint density at radius 2 is 1.83 bits per heavy atom. The minimum atomic E-state index is -1.07. The van der Waals surface area contributed by atoms with Gasteiger partial charge in [-0.25, -0.2) is 13.2 Å². The average Bonchev–Trinajstić information content (AvgIpc) is 2.96. The molecule has 1 aromatic heterocycles. The second-order valence-electron chi connectivity index (χ2n) is 8.82. The first kappa shape index (κ1) is 22.7. The summed E-state index contributed by atoms with van der Waals surface area (Å²) in [5.41, 5.74) is -0.375. The number of pyridine rings is 1. The fraction of sp³-hybridized carbons (Fsp3) is 0.240. The summed E-state index contributed by atoms with van der Waals surface area (Å²) in [5, 5.41) is 12.9. The van der Waals surface area contributed by atoms with E-state index in [4.69, 9.17) is 0 Å². The van der Waals surface area contributed by atoms with E-state index in [1.54, 1.807) is 6.07 Å². The number of carbonyl (C=O) groups excluding carboxylic acids is 2. The quantitative estimate of drug-likeness (QED) is 0.599. The number of aryl methyl sites for hydroxylation is 1. The van der Waals surface area contributed by atoms with Gasteiger partial charge in [0.05, 0.1) is 6.04 Å². The number of aromatic hydroxyl groups is 1. The standard InChI is InChI=1S/C25H20F3N3O4/c1-12-4-19(27)17(20(28)5-12)8-29-24(34)18-11-31-16-7-13-2-3-15(26)6-14(13)9-30(10-16)25(35)21(31)23(33)22(18)32/h2-6,11,16,33H,7-10H2,1H3,(H,29,34)/t16-/m0/s1. The first-order chi connectivity index (χ1) is 16.6. The van der Waals surface area contributed by atoms with Crippen LogP contribution in [0.25, 0.3) is 0 Å². The molecule has 2 bridgehead atoms. The Morgan fingerprint density at radius 3 is 2.54 bits per heavy atom. The molecule has 0 aliphatic carbocycles. The molecular formula is C25H20F3N3O4. The summed E-state index contributed by atoms with van der Waals surface area (Å²) in [5.74, 6) is -4.58. The number of aromatic nitrogens is 1. The maximum absolute atomic E-state index is 14.1. The maximum Gasteiger partial charge on any atom is 0.274 e. The van der Waals surface area contributed by atoms with Gasteiger partial charge < -0.3 is 19.9 Å². The highest BCUT2D eigenvalue weighted by Gasteiger charge is 2.37. The van der Waals surface area contributed by atoms with Gasteiger partial charge in [-0.2, -0.15) is 0 Å². The molecule has 0 unspecified atom stereocenters. The number of nitrogens with one attached hydrogen (secondary N) is 1. The summed E-state index contributed by atoms with van der Waals surface area (Å²) < 4.78 is 43.4. The molecule has 7 nitrogen and oxygen atoms in total. The van der Waals surface area contributed by atoms with Crippen molar-refractivity contribution in [2.24, 2.45) is 0 Å². The molecule has 2 aliphatic heterocycles. The summed E-state index contributed by atoms with van der Waals surface area (Å²) in [6, 6.07) is 6.10. The number of fused-ring (bicyclic) bond motifs is 5.